The van der Waals surface area contributed by atoms with Crippen LogP contribution in [-0.4, -0.2) is 46.4 Å². The highest BCUT2D eigenvalue weighted by molar-refractivity contribution is 5.85. The minimum absolute atomic E-state index is 0.134. The number of aryl methyl sites for hydroxylation is 3. The molecule has 5 rings (SSSR count). The molecular weight excluding hydrogens is 372 g/mol. The molecular formula is C26H30N2O2. The molecule has 30 heavy (non-hydrogen) atoms. The van der Waals surface area contributed by atoms with Gasteiger partial charge in [0.15, 0.2) is 0 Å². The molecule has 2 N–H and O–H groups in total. The SMILES string of the molecule is Cc1cccc(-c2nc3cc4c(cc3cc2CN2C[C@@H](CO)[C@H](CO)C2)CCC4)c1. The van der Waals surface area contributed by atoms with Crippen LogP contribution in [-0.2, 0) is 19.4 Å². The summed E-state index contributed by atoms with van der Waals surface area (Å²) in [6, 6.07) is 15.5. The zero-order valence-corrected chi connectivity index (χ0v) is 17.6. The Morgan fingerprint density at radius 3 is 2.40 bits per heavy atom. The highest BCUT2D eigenvalue weighted by Crippen LogP contribution is 2.33. The van der Waals surface area contributed by atoms with Crippen molar-refractivity contribution in [2.45, 2.75) is 32.7 Å². The van der Waals surface area contributed by atoms with Gasteiger partial charge in [-0.25, -0.2) is 4.98 Å². The molecule has 2 aromatic carbocycles. The maximum Gasteiger partial charge on any atom is 0.0754 e. The van der Waals surface area contributed by atoms with Gasteiger partial charge < -0.3 is 10.2 Å². The normalized spacial score (nSPS) is 21.4. The van der Waals surface area contributed by atoms with Crippen molar-refractivity contribution in [2.75, 3.05) is 26.3 Å². The maximum absolute atomic E-state index is 9.70. The van der Waals surface area contributed by atoms with E-state index >= 15 is 0 Å². The van der Waals surface area contributed by atoms with E-state index in [0.29, 0.717) is 0 Å². The monoisotopic (exact) mass is 402 g/mol. The number of rotatable bonds is 5. The van der Waals surface area contributed by atoms with E-state index in [2.05, 4.69) is 54.3 Å². The second-order valence-electron chi connectivity index (χ2n) is 9.11. The zero-order valence-electron chi connectivity index (χ0n) is 17.6. The Hall–Kier alpha value is -2.27. The molecule has 2 atom stereocenters. The van der Waals surface area contributed by atoms with E-state index in [1.54, 1.807) is 0 Å². The highest BCUT2D eigenvalue weighted by atomic mass is 16.3. The van der Waals surface area contributed by atoms with Gasteiger partial charge in [-0.15, -0.1) is 0 Å². The smallest absolute Gasteiger partial charge is 0.0754 e. The minimum atomic E-state index is 0.134. The van der Waals surface area contributed by atoms with Gasteiger partial charge in [-0.3, -0.25) is 4.90 Å². The Labute approximate surface area is 178 Å². The molecule has 2 heterocycles. The van der Waals surface area contributed by atoms with Crippen molar-refractivity contribution in [3.8, 4) is 11.3 Å². The van der Waals surface area contributed by atoms with Gasteiger partial charge in [0.25, 0.3) is 0 Å². The van der Waals surface area contributed by atoms with Crippen LogP contribution >= 0.6 is 0 Å². The molecule has 156 valence electrons. The lowest BCUT2D eigenvalue weighted by molar-refractivity contribution is 0.152. The van der Waals surface area contributed by atoms with Gasteiger partial charge in [0, 0.05) is 55.6 Å². The molecule has 0 radical (unpaired) electrons. The fraction of sp³-hybridized carbons (Fsp3) is 0.423. The predicted octanol–water partition coefficient (Wildman–Crippen LogP) is 3.73. The largest absolute Gasteiger partial charge is 0.396 e. The Balaban J connectivity index is 1.58. The van der Waals surface area contributed by atoms with Crippen molar-refractivity contribution in [3.05, 3.63) is 64.7 Å². The Morgan fingerprint density at radius 1 is 0.967 bits per heavy atom. The molecule has 4 heteroatoms. The van der Waals surface area contributed by atoms with Crippen LogP contribution in [0.15, 0.2) is 42.5 Å². The molecule has 0 bridgehead atoms. The minimum Gasteiger partial charge on any atom is -0.396 e. The van der Waals surface area contributed by atoms with Gasteiger partial charge in [-0.05, 0) is 67.1 Å². The van der Waals surface area contributed by atoms with E-state index in [9.17, 15) is 10.2 Å². The molecule has 1 aromatic heterocycles. The van der Waals surface area contributed by atoms with Gasteiger partial charge in [0.2, 0.25) is 0 Å². The number of hydrogen-bond donors (Lipinski definition) is 2. The number of aromatic nitrogens is 1. The lowest BCUT2D eigenvalue weighted by Gasteiger charge is -2.19. The summed E-state index contributed by atoms with van der Waals surface area (Å²) in [4.78, 5) is 7.52. The number of nitrogens with zero attached hydrogens (tertiary/aromatic N) is 2. The van der Waals surface area contributed by atoms with Crippen molar-refractivity contribution in [1.29, 1.82) is 0 Å². The quantitative estimate of drug-likeness (QED) is 0.683. The Bertz CT molecular complexity index is 1070. The second kappa shape index (κ2) is 8.10. The van der Waals surface area contributed by atoms with Crippen LogP contribution in [0.5, 0.6) is 0 Å². The van der Waals surface area contributed by atoms with Crippen molar-refractivity contribution in [1.82, 2.24) is 9.88 Å². The third-order valence-electron chi connectivity index (χ3n) is 6.91. The fourth-order valence-electron chi connectivity index (χ4n) is 5.27. The number of aliphatic hydroxyl groups excluding tert-OH is 2. The van der Waals surface area contributed by atoms with Gasteiger partial charge in [0.05, 0.1) is 11.2 Å². The second-order valence-corrected chi connectivity index (χ2v) is 9.11. The molecule has 4 nitrogen and oxygen atoms in total. The molecule has 1 aliphatic carbocycles. The first-order valence-corrected chi connectivity index (χ1v) is 11.1. The average molecular weight is 403 g/mol. The predicted molar refractivity (Wildman–Crippen MR) is 120 cm³/mol. The summed E-state index contributed by atoms with van der Waals surface area (Å²) in [6.45, 7) is 4.81. The number of aliphatic hydroxyl groups is 2. The number of fused-ring (bicyclic) bond motifs is 2. The summed E-state index contributed by atoms with van der Waals surface area (Å²) >= 11 is 0. The summed E-state index contributed by atoms with van der Waals surface area (Å²) in [7, 11) is 0. The first-order chi connectivity index (χ1) is 14.6. The zero-order chi connectivity index (χ0) is 20.7. The summed E-state index contributed by atoms with van der Waals surface area (Å²) in [5.41, 5.74) is 8.67. The van der Waals surface area contributed by atoms with E-state index < -0.39 is 0 Å². The van der Waals surface area contributed by atoms with Crippen LogP contribution in [0.2, 0.25) is 0 Å². The number of hydrogen-bond acceptors (Lipinski definition) is 4. The van der Waals surface area contributed by atoms with Crippen LogP contribution in [0.25, 0.3) is 22.2 Å². The Kier molecular flexibility index (Phi) is 5.32. The van der Waals surface area contributed by atoms with E-state index in [0.717, 1.165) is 42.8 Å². The van der Waals surface area contributed by atoms with Gasteiger partial charge in [-0.1, -0.05) is 23.8 Å². The molecule has 3 aromatic rings. The molecule has 2 aliphatic rings. The van der Waals surface area contributed by atoms with Crippen molar-refractivity contribution in [3.63, 3.8) is 0 Å². The number of pyridine rings is 1. The van der Waals surface area contributed by atoms with E-state index in [-0.39, 0.29) is 25.0 Å². The summed E-state index contributed by atoms with van der Waals surface area (Å²) < 4.78 is 0. The molecule has 0 saturated carbocycles. The molecule has 0 spiro atoms. The molecule has 1 aliphatic heterocycles. The van der Waals surface area contributed by atoms with E-state index in [4.69, 9.17) is 4.98 Å². The Morgan fingerprint density at radius 2 is 1.70 bits per heavy atom. The van der Waals surface area contributed by atoms with Gasteiger partial charge >= 0.3 is 0 Å². The van der Waals surface area contributed by atoms with Crippen molar-refractivity contribution in [2.24, 2.45) is 11.8 Å². The van der Waals surface area contributed by atoms with Crippen LogP contribution in [0.1, 0.15) is 28.7 Å². The van der Waals surface area contributed by atoms with Crippen molar-refractivity contribution >= 4 is 10.9 Å². The lowest BCUT2D eigenvalue weighted by atomic mass is 9.98. The molecule has 0 unspecified atom stereocenters. The first kappa shape index (κ1) is 19.7. The molecule has 1 fully saturated rings. The van der Waals surface area contributed by atoms with Crippen LogP contribution in [0, 0.1) is 18.8 Å². The molecule has 1 saturated heterocycles. The topological polar surface area (TPSA) is 56.6 Å². The molecule has 0 amide bonds. The van der Waals surface area contributed by atoms with Crippen LogP contribution < -0.4 is 0 Å². The van der Waals surface area contributed by atoms with Crippen LogP contribution in [0.4, 0.5) is 0 Å². The summed E-state index contributed by atoms with van der Waals surface area (Å²) in [5.74, 6) is 0.295. The summed E-state index contributed by atoms with van der Waals surface area (Å²) in [5, 5.41) is 20.6. The highest BCUT2D eigenvalue weighted by Gasteiger charge is 2.32. The first-order valence-electron chi connectivity index (χ1n) is 11.1. The number of likely N-dealkylation sites (tertiary alicyclic amines) is 1. The average Bonchev–Trinajstić information content (AvgIpc) is 3.37. The fourth-order valence-corrected chi connectivity index (χ4v) is 5.27. The lowest BCUT2D eigenvalue weighted by Crippen LogP contribution is -2.21. The third kappa shape index (κ3) is 3.64. The van der Waals surface area contributed by atoms with Gasteiger partial charge in [-0.2, -0.15) is 0 Å². The van der Waals surface area contributed by atoms with E-state index in [1.807, 2.05) is 0 Å². The standard InChI is InChI=1S/C26H30N2O2/c1-17-4-2-7-20(8-17)26-22(12-28-13-23(15-29)24(14-28)16-30)10-21-9-18-5-3-6-19(18)11-25(21)27-26/h2,4,7-11,23-24,29-30H,3,5-6,12-16H2,1H3/t23-,24-/m0/s1. The maximum atomic E-state index is 9.70. The van der Waals surface area contributed by atoms with Crippen molar-refractivity contribution < 1.29 is 10.2 Å². The summed E-state index contributed by atoms with van der Waals surface area (Å²) in [6.07, 6.45) is 3.57. The third-order valence-corrected chi connectivity index (χ3v) is 6.91. The van der Waals surface area contributed by atoms with Crippen LogP contribution in [0.3, 0.4) is 0 Å². The van der Waals surface area contributed by atoms with Gasteiger partial charge in [0.1, 0.15) is 0 Å². The van der Waals surface area contributed by atoms with E-state index in [1.165, 1.54) is 40.5 Å². The number of benzene rings is 2.